The van der Waals surface area contributed by atoms with Gasteiger partial charge in [0.25, 0.3) is 5.56 Å². The Morgan fingerprint density at radius 1 is 1.23 bits per heavy atom. The second-order valence-corrected chi connectivity index (χ2v) is 9.19. The molecule has 0 atom stereocenters. The SMILES string of the molecule is Cc1ccc(NC(=O)CSc2nc3ccsc3c(=O)n2-c2ccc(F)c(C)c2)c(Cl)c1. The first kappa shape index (κ1) is 21.5. The molecule has 0 saturated carbocycles. The fourth-order valence-electron chi connectivity index (χ4n) is 3.02. The van der Waals surface area contributed by atoms with Crippen LogP contribution >= 0.6 is 34.7 Å². The first-order chi connectivity index (χ1) is 14.8. The molecule has 0 fully saturated rings. The van der Waals surface area contributed by atoms with Gasteiger partial charge in [0.2, 0.25) is 5.91 Å². The van der Waals surface area contributed by atoms with Gasteiger partial charge in [-0.3, -0.25) is 14.2 Å². The van der Waals surface area contributed by atoms with Crippen molar-refractivity contribution in [1.82, 2.24) is 9.55 Å². The van der Waals surface area contributed by atoms with Crippen molar-refractivity contribution in [1.29, 1.82) is 0 Å². The van der Waals surface area contributed by atoms with Crippen LogP contribution in [0.2, 0.25) is 5.02 Å². The van der Waals surface area contributed by atoms with E-state index in [4.69, 9.17) is 11.6 Å². The summed E-state index contributed by atoms with van der Waals surface area (Å²) < 4.78 is 15.7. The summed E-state index contributed by atoms with van der Waals surface area (Å²) in [6, 6.07) is 11.6. The number of halogens is 2. The second-order valence-electron chi connectivity index (χ2n) is 6.92. The lowest BCUT2D eigenvalue weighted by Crippen LogP contribution is -2.22. The minimum atomic E-state index is -0.356. The Morgan fingerprint density at radius 2 is 2.03 bits per heavy atom. The average Bonchev–Trinajstić information content (AvgIpc) is 3.20. The lowest BCUT2D eigenvalue weighted by atomic mass is 10.2. The van der Waals surface area contributed by atoms with Crippen molar-refractivity contribution in [2.45, 2.75) is 19.0 Å². The van der Waals surface area contributed by atoms with E-state index in [0.29, 0.717) is 37.3 Å². The molecule has 9 heteroatoms. The van der Waals surface area contributed by atoms with Gasteiger partial charge in [0, 0.05) is 0 Å². The number of amides is 1. The molecular weight excluding hydrogens is 457 g/mol. The van der Waals surface area contributed by atoms with E-state index in [9.17, 15) is 14.0 Å². The first-order valence-corrected chi connectivity index (χ1v) is 11.5. The number of anilines is 1. The van der Waals surface area contributed by atoms with Gasteiger partial charge in [0.1, 0.15) is 10.5 Å². The van der Waals surface area contributed by atoms with E-state index in [2.05, 4.69) is 10.3 Å². The molecule has 1 amide bonds. The van der Waals surface area contributed by atoms with Crippen LogP contribution in [0.25, 0.3) is 15.9 Å². The number of carbonyl (C=O) groups is 1. The lowest BCUT2D eigenvalue weighted by Gasteiger charge is -2.13. The first-order valence-electron chi connectivity index (χ1n) is 9.29. The maximum atomic E-state index is 13.8. The van der Waals surface area contributed by atoms with Gasteiger partial charge in [-0.1, -0.05) is 29.4 Å². The number of nitrogens with one attached hydrogen (secondary N) is 1. The van der Waals surface area contributed by atoms with Crippen LogP contribution in [-0.2, 0) is 4.79 Å². The van der Waals surface area contributed by atoms with E-state index < -0.39 is 0 Å². The summed E-state index contributed by atoms with van der Waals surface area (Å²) in [5.41, 5.74) is 2.73. The molecule has 4 rings (SSSR count). The van der Waals surface area contributed by atoms with E-state index in [-0.39, 0.29) is 23.0 Å². The van der Waals surface area contributed by atoms with Crippen molar-refractivity contribution in [3.05, 3.63) is 80.2 Å². The topological polar surface area (TPSA) is 64.0 Å². The molecule has 1 N–H and O–H groups in total. The molecule has 2 aromatic heterocycles. The molecule has 5 nitrogen and oxygen atoms in total. The predicted octanol–water partition coefficient (Wildman–Crippen LogP) is 5.59. The molecule has 158 valence electrons. The van der Waals surface area contributed by atoms with Crippen LogP contribution in [0.15, 0.2) is 57.8 Å². The maximum absolute atomic E-state index is 13.8. The minimum absolute atomic E-state index is 0.0203. The number of carbonyl (C=O) groups excluding carboxylic acids is 1. The van der Waals surface area contributed by atoms with Crippen LogP contribution in [-0.4, -0.2) is 21.2 Å². The van der Waals surface area contributed by atoms with Crippen LogP contribution in [0.5, 0.6) is 0 Å². The van der Waals surface area contributed by atoms with Gasteiger partial charge in [0.15, 0.2) is 5.16 Å². The van der Waals surface area contributed by atoms with E-state index in [1.807, 2.05) is 13.0 Å². The van der Waals surface area contributed by atoms with Crippen LogP contribution < -0.4 is 10.9 Å². The monoisotopic (exact) mass is 473 g/mol. The van der Waals surface area contributed by atoms with E-state index in [0.717, 1.165) is 17.3 Å². The molecule has 0 unspecified atom stereocenters. The highest BCUT2D eigenvalue weighted by Crippen LogP contribution is 2.26. The molecule has 0 bridgehead atoms. The number of hydrogen-bond acceptors (Lipinski definition) is 5. The Bertz CT molecular complexity index is 1370. The van der Waals surface area contributed by atoms with E-state index in [1.54, 1.807) is 36.6 Å². The Morgan fingerprint density at radius 3 is 2.77 bits per heavy atom. The van der Waals surface area contributed by atoms with Gasteiger partial charge in [-0.15, -0.1) is 11.3 Å². The summed E-state index contributed by atoms with van der Waals surface area (Å²) in [6.45, 7) is 3.54. The molecular formula is C22H17ClFN3O2S2. The van der Waals surface area contributed by atoms with Crippen LogP contribution in [0, 0.1) is 19.7 Å². The second kappa shape index (κ2) is 8.82. The van der Waals surface area contributed by atoms with Gasteiger partial charge >= 0.3 is 0 Å². The maximum Gasteiger partial charge on any atom is 0.276 e. The molecule has 0 spiro atoms. The van der Waals surface area contributed by atoms with Gasteiger partial charge < -0.3 is 5.32 Å². The van der Waals surface area contributed by atoms with Crippen molar-refractivity contribution in [3.8, 4) is 5.69 Å². The summed E-state index contributed by atoms with van der Waals surface area (Å²) >= 11 is 8.61. The Balaban J connectivity index is 1.65. The molecule has 0 saturated heterocycles. The Kier molecular flexibility index (Phi) is 6.13. The molecule has 0 aliphatic rings. The minimum Gasteiger partial charge on any atom is -0.324 e. The fraction of sp³-hybridized carbons (Fsp3) is 0.136. The number of hydrogen-bond donors (Lipinski definition) is 1. The largest absolute Gasteiger partial charge is 0.324 e. The summed E-state index contributed by atoms with van der Waals surface area (Å²) in [5, 5.41) is 5.37. The van der Waals surface area contributed by atoms with Crippen molar-refractivity contribution >= 4 is 56.5 Å². The molecule has 2 heterocycles. The van der Waals surface area contributed by atoms with Crippen molar-refractivity contribution in [2.75, 3.05) is 11.1 Å². The standard InChI is InChI=1S/C22H17ClFN3O2S2/c1-12-3-6-17(15(23)9-12)25-19(28)11-31-22-26-18-7-8-30-20(18)21(29)27(22)14-4-5-16(24)13(2)10-14/h3-10H,11H2,1-2H3,(H,25,28). The van der Waals surface area contributed by atoms with Gasteiger partial charge in [-0.25, -0.2) is 9.37 Å². The fourth-order valence-corrected chi connectivity index (χ4v) is 4.88. The molecule has 0 radical (unpaired) electrons. The number of thioether (sulfide) groups is 1. The number of fused-ring (bicyclic) bond motifs is 1. The number of benzene rings is 2. The highest BCUT2D eigenvalue weighted by molar-refractivity contribution is 7.99. The predicted molar refractivity (Wildman–Crippen MR) is 125 cm³/mol. The van der Waals surface area contributed by atoms with Crippen molar-refractivity contribution in [3.63, 3.8) is 0 Å². The molecule has 0 aliphatic carbocycles. The third-order valence-electron chi connectivity index (χ3n) is 4.58. The lowest BCUT2D eigenvalue weighted by molar-refractivity contribution is -0.113. The zero-order chi connectivity index (χ0) is 22.1. The summed E-state index contributed by atoms with van der Waals surface area (Å²) in [7, 11) is 0. The zero-order valence-corrected chi connectivity index (χ0v) is 19.0. The molecule has 2 aromatic carbocycles. The highest BCUT2D eigenvalue weighted by Gasteiger charge is 2.17. The third kappa shape index (κ3) is 4.51. The van der Waals surface area contributed by atoms with Crippen LogP contribution in [0.3, 0.4) is 0 Å². The number of aryl methyl sites for hydroxylation is 2. The number of nitrogens with zero attached hydrogens (tertiary/aromatic N) is 2. The molecule has 31 heavy (non-hydrogen) atoms. The number of aromatic nitrogens is 2. The molecule has 0 aliphatic heterocycles. The van der Waals surface area contributed by atoms with Crippen LogP contribution in [0.1, 0.15) is 11.1 Å². The van der Waals surface area contributed by atoms with Gasteiger partial charge in [-0.05, 0) is 66.8 Å². The number of rotatable bonds is 5. The Hall–Kier alpha value is -2.68. The molecule has 4 aromatic rings. The average molecular weight is 474 g/mol. The quantitative estimate of drug-likeness (QED) is 0.303. The number of thiophene rings is 1. The Labute approximate surface area is 190 Å². The summed E-state index contributed by atoms with van der Waals surface area (Å²) in [5.74, 6) is -0.616. The van der Waals surface area contributed by atoms with E-state index in [1.165, 1.54) is 28.0 Å². The summed E-state index contributed by atoms with van der Waals surface area (Å²) in [4.78, 5) is 30.2. The van der Waals surface area contributed by atoms with E-state index >= 15 is 0 Å². The normalized spacial score (nSPS) is 11.1. The highest BCUT2D eigenvalue weighted by atomic mass is 35.5. The third-order valence-corrected chi connectivity index (χ3v) is 6.72. The van der Waals surface area contributed by atoms with Gasteiger partial charge in [0.05, 0.1) is 27.7 Å². The van der Waals surface area contributed by atoms with Gasteiger partial charge in [-0.2, -0.15) is 0 Å². The zero-order valence-electron chi connectivity index (χ0n) is 16.6. The van der Waals surface area contributed by atoms with Crippen LogP contribution in [0.4, 0.5) is 10.1 Å². The van der Waals surface area contributed by atoms with Crippen molar-refractivity contribution in [2.24, 2.45) is 0 Å². The smallest absolute Gasteiger partial charge is 0.276 e. The summed E-state index contributed by atoms with van der Waals surface area (Å²) in [6.07, 6.45) is 0. The van der Waals surface area contributed by atoms with Crippen molar-refractivity contribution < 1.29 is 9.18 Å².